The van der Waals surface area contributed by atoms with Gasteiger partial charge in [-0.1, -0.05) is 0 Å². The predicted molar refractivity (Wildman–Crippen MR) is 71.6 cm³/mol. The Morgan fingerprint density at radius 2 is 2.33 bits per heavy atom. The molecule has 1 unspecified atom stereocenters. The molecule has 0 aliphatic carbocycles. The summed E-state index contributed by atoms with van der Waals surface area (Å²) in [6.07, 6.45) is 1.20. The number of likely N-dealkylation sites (N-methyl/N-ethyl adjacent to an activating group) is 1. The van der Waals surface area contributed by atoms with Crippen LogP contribution in [0.25, 0.3) is 0 Å². The van der Waals surface area contributed by atoms with Crippen molar-refractivity contribution in [1.82, 2.24) is 10.2 Å². The van der Waals surface area contributed by atoms with Gasteiger partial charge in [0.25, 0.3) is 0 Å². The van der Waals surface area contributed by atoms with Crippen LogP contribution in [-0.4, -0.2) is 44.8 Å². The summed E-state index contributed by atoms with van der Waals surface area (Å²) in [5.74, 6) is 2.74. The van der Waals surface area contributed by atoms with E-state index in [1.54, 1.807) is 0 Å². The van der Waals surface area contributed by atoms with Crippen molar-refractivity contribution in [2.75, 3.05) is 39.9 Å². The Bertz CT molecular complexity index is 345. The van der Waals surface area contributed by atoms with Gasteiger partial charge >= 0.3 is 0 Å². The fourth-order valence-electron chi connectivity index (χ4n) is 2.24. The van der Waals surface area contributed by atoms with Gasteiger partial charge in [-0.15, -0.1) is 0 Å². The van der Waals surface area contributed by atoms with Crippen LogP contribution in [0.2, 0.25) is 0 Å². The first kappa shape index (κ1) is 13.6. The second kappa shape index (κ2) is 6.92. The zero-order chi connectivity index (χ0) is 12.8. The molecule has 0 aromatic carbocycles. The molecule has 18 heavy (non-hydrogen) atoms. The van der Waals surface area contributed by atoms with Crippen molar-refractivity contribution >= 4 is 0 Å². The van der Waals surface area contributed by atoms with Crippen LogP contribution in [0.15, 0.2) is 16.5 Å². The van der Waals surface area contributed by atoms with E-state index in [0.717, 1.165) is 50.9 Å². The molecule has 1 saturated heterocycles. The van der Waals surface area contributed by atoms with Crippen molar-refractivity contribution in [3.05, 3.63) is 23.7 Å². The Hall–Kier alpha value is -0.840. The third kappa shape index (κ3) is 4.44. The monoisotopic (exact) mass is 252 g/mol. The first-order chi connectivity index (χ1) is 8.74. The lowest BCUT2D eigenvalue weighted by Gasteiger charge is -2.16. The minimum absolute atomic E-state index is 0.711. The highest BCUT2D eigenvalue weighted by molar-refractivity contribution is 5.05. The van der Waals surface area contributed by atoms with Crippen LogP contribution in [-0.2, 0) is 11.3 Å². The molecule has 1 aromatic heterocycles. The molecule has 1 aliphatic rings. The maximum atomic E-state index is 5.56. The first-order valence-electron chi connectivity index (χ1n) is 6.76. The van der Waals surface area contributed by atoms with E-state index >= 15 is 0 Å². The average molecular weight is 252 g/mol. The molecule has 0 bridgehead atoms. The number of ether oxygens (including phenoxy) is 1. The smallest absolute Gasteiger partial charge is 0.118 e. The Labute approximate surface area is 109 Å². The predicted octanol–water partition coefficient (Wildman–Crippen LogP) is 1.65. The van der Waals surface area contributed by atoms with Crippen molar-refractivity contribution in [3.8, 4) is 0 Å². The molecule has 0 saturated carbocycles. The number of hydrogen-bond donors (Lipinski definition) is 1. The maximum absolute atomic E-state index is 5.56. The zero-order valence-corrected chi connectivity index (χ0v) is 11.4. The summed E-state index contributed by atoms with van der Waals surface area (Å²) in [6.45, 7) is 7.85. The van der Waals surface area contributed by atoms with E-state index in [1.165, 1.54) is 6.42 Å². The second-order valence-electron chi connectivity index (χ2n) is 5.18. The highest BCUT2D eigenvalue weighted by Crippen LogP contribution is 2.10. The van der Waals surface area contributed by atoms with Crippen LogP contribution < -0.4 is 5.32 Å². The lowest BCUT2D eigenvalue weighted by atomic mass is 10.1. The third-order valence-electron chi connectivity index (χ3n) is 3.35. The second-order valence-corrected chi connectivity index (χ2v) is 5.18. The SMILES string of the molecule is Cc1ccc(CN(C)CCNCC2CCOC2)o1. The van der Waals surface area contributed by atoms with Gasteiger partial charge in [0.2, 0.25) is 0 Å². The maximum Gasteiger partial charge on any atom is 0.118 e. The van der Waals surface area contributed by atoms with Crippen molar-refractivity contribution in [3.63, 3.8) is 0 Å². The summed E-state index contributed by atoms with van der Waals surface area (Å²) >= 11 is 0. The fraction of sp³-hybridized carbons (Fsp3) is 0.714. The molecule has 0 spiro atoms. The Kier molecular flexibility index (Phi) is 5.23. The van der Waals surface area contributed by atoms with Gasteiger partial charge in [0.15, 0.2) is 0 Å². The molecule has 2 heterocycles. The molecule has 2 rings (SSSR count). The molecule has 1 aromatic rings. The van der Waals surface area contributed by atoms with Crippen LogP contribution >= 0.6 is 0 Å². The van der Waals surface area contributed by atoms with Gasteiger partial charge in [-0.25, -0.2) is 0 Å². The van der Waals surface area contributed by atoms with Gasteiger partial charge in [-0.3, -0.25) is 4.90 Å². The minimum Gasteiger partial charge on any atom is -0.465 e. The van der Waals surface area contributed by atoms with E-state index in [-0.39, 0.29) is 0 Å². The molecule has 1 N–H and O–H groups in total. The summed E-state index contributed by atoms with van der Waals surface area (Å²) in [6, 6.07) is 4.07. The highest BCUT2D eigenvalue weighted by Gasteiger charge is 2.14. The van der Waals surface area contributed by atoms with Gasteiger partial charge in [-0.05, 0) is 38.4 Å². The topological polar surface area (TPSA) is 37.6 Å². The lowest BCUT2D eigenvalue weighted by molar-refractivity contribution is 0.185. The van der Waals surface area contributed by atoms with Crippen LogP contribution in [0.5, 0.6) is 0 Å². The Morgan fingerprint density at radius 1 is 1.44 bits per heavy atom. The van der Waals surface area contributed by atoms with E-state index < -0.39 is 0 Å². The summed E-state index contributed by atoms with van der Waals surface area (Å²) in [4.78, 5) is 2.27. The highest BCUT2D eigenvalue weighted by atomic mass is 16.5. The molecular formula is C14H24N2O2. The van der Waals surface area contributed by atoms with Crippen molar-refractivity contribution in [2.24, 2.45) is 5.92 Å². The first-order valence-corrected chi connectivity index (χ1v) is 6.76. The zero-order valence-electron chi connectivity index (χ0n) is 11.4. The number of furan rings is 1. The molecular weight excluding hydrogens is 228 g/mol. The van der Waals surface area contributed by atoms with E-state index in [0.29, 0.717) is 5.92 Å². The van der Waals surface area contributed by atoms with Crippen molar-refractivity contribution < 1.29 is 9.15 Å². The molecule has 0 amide bonds. The molecule has 4 heteroatoms. The van der Waals surface area contributed by atoms with Crippen LogP contribution in [0, 0.1) is 12.8 Å². The van der Waals surface area contributed by atoms with Crippen LogP contribution in [0.4, 0.5) is 0 Å². The number of rotatable bonds is 7. The molecule has 1 aliphatic heterocycles. The van der Waals surface area contributed by atoms with Crippen LogP contribution in [0.1, 0.15) is 17.9 Å². The van der Waals surface area contributed by atoms with E-state index in [2.05, 4.69) is 23.3 Å². The Balaban J connectivity index is 1.55. The van der Waals surface area contributed by atoms with Gasteiger partial charge < -0.3 is 14.5 Å². The van der Waals surface area contributed by atoms with Crippen molar-refractivity contribution in [1.29, 1.82) is 0 Å². The molecule has 1 fully saturated rings. The largest absolute Gasteiger partial charge is 0.465 e. The quantitative estimate of drug-likeness (QED) is 0.749. The van der Waals surface area contributed by atoms with E-state index in [1.807, 2.05) is 13.0 Å². The number of nitrogens with zero attached hydrogens (tertiary/aromatic N) is 1. The molecule has 102 valence electrons. The standard InChI is InChI=1S/C14H24N2O2/c1-12-3-4-14(18-12)10-16(2)7-6-15-9-13-5-8-17-11-13/h3-4,13,15H,5-11H2,1-2H3. The normalized spacial score (nSPS) is 19.8. The summed E-state index contributed by atoms with van der Waals surface area (Å²) in [5, 5.41) is 3.50. The van der Waals surface area contributed by atoms with Gasteiger partial charge in [-0.2, -0.15) is 0 Å². The molecule has 1 atom stereocenters. The number of aryl methyl sites for hydroxylation is 1. The van der Waals surface area contributed by atoms with E-state index in [9.17, 15) is 0 Å². The van der Waals surface area contributed by atoms with Gasteiger partial charge in [0, 0.05) is 26.2 Å². The number of nitrogens with one attached hydrogen (secondary N) is 1. The van der Waals surface area contributed by atoms with E-state index in [4.69, 9.17) is 9.15 Å². The minimum atomic E-state index is 0.711. The molecule has 4 nitrogen and oxygen atoms in total. The average Bonchev–Trinajstić information content (AvgIpc) is 2.96. The number of hydrogen-bond acceptors (Lipinski definition) is 4. The lowest BCUT2D eigenvalue weighted by Crippen LogP contribution is -2.31. The van der Waals surface area contributed by atoms with Gasteiger partial charge in [0.1, 0.15) is 11.5 Å². The fourth-order valence-corrected chi connectivity index (χ4v) is 2.24. The summed E-state index contributed by atoms with van der Waals surface area (Å²) in [7, 11) is 2.12. The molecule has 0 radical (unpaired) electrons. The van der Waals surface area contributed by atoms with Crippen molar-refractivity contribution in [2.45, 2.75) is 19.9 Å². The third-order valence-corrected chi connectivity index (χ3v) is 3.35. The Morgan fingerprint density at radius 3 is 3.00 bits per heavy atom. The van der Waals surface area contributed by atoms with Gasteiger partial charge in [0.05, 0.1) is 13.2 Å². The summed E-state index contributed by atoms with van der Waals surface area (Å²) < 4.78 is 10.9. The summed E-state index contributed by atoms with van der Waals surface area (Å²) in [5.41, 5.74) is 0. The van der Waals surface area contributed by atoms with Crippen LogP contribution in [0.3, 0.4) is 0 Å².